The fraction of sp³-hybridized carbons (Fsp3) is 0. The number of fused-ring (bicyclic) bond motifs is 1. The van der Waals surface area contributed by atoms with Crippen molar-refractivity contribution in [3.05, 3.63) is 40.8 Å². The molecule has 90 valence electrons. The van der Waals surface area contributed by atoms with Crippen LogP contribution in [0.2, 0.25) is 0 Å². The number of aromatic nitrogens is 2. The van der Waals surface area contributed by atoms with Crippen molar-refractivity contribution in [1.82, 2.24) is 9.97 Å². The fourth-order valence-corrected chi connectivity index (χ4v) is 2.48. The Morgan fingerprint density at radius 1 is 1.33 bits per heavy atom. The molecule has 0 aliphatic rings. The number of aromatic amines is 1. The Kier molecular flexibility index (Phi) is 2.49. The van der Waals surface area contributed by atoms with Gasteiger partial charge >= 0.3 is 5.97 Å². The Bertz CT molecular complexity index is 717. The van der Waals surface area contributed by atoms with E-state index in [0.717, 1.165) is 16.7 Å². The lowest BCUT2D eigenvalue weighted by atomic mass is 10.2. The van der Waals surface area contributed by atoms with Gasteiger partial charge in [-0.1, -0.05) is 0 Å². The number of nitrogens with zero attached hydrogens (tertiary/aromatic N) is 1. The van der Waals surface area contributed by atoms with Crippen LogP contribution in [0, 0.1) is 0 Å². The van der Waals surface area contributed by atoms with E-state index in [0.29, 0.717) is 10.6 Å². The third-order valence-corrected chi connectivity index (χ3v) is 3.49. The molecule has 3 heterocycles. The van der Waals surface area contributed by atoms with Crippen LogP contribution in [-0.2, 0) is 0 Å². The Labute approximate surface area is 106 Å². The highest BCUT2D eigenvalue weighted by Gasteiger charge is 2.12. The zero-order valence-electron chi connectivity index (χ0n) is 9.18. The average molecular weight is 259 g/mol. The van der Waals surface area contributed by atoms with E-state index in [4.69, 9.17) is 5.11 Å². The minimum Gasteiger partial charge on any atom is -0.477 e. The van der Waals surface area contributed by atoms with E-state index in [2.05, 4.69) is 15.3 Å². The quantitative estimate of drug-likeness (QED) is 0.675. The van der Waals surface area contributed by atoms with Gasteiger partial charge in [0.1, 0.15) is 10.5 Å². The largest absolute Gasteiger partial charge is 0.477 e. The molecule has 0 radical (unpaired) electrons. The summed E-state index contributed by atoms with van der Waals surface area (Å²) in [5.74, 6) is -0.924. The molecular formula is C12H9N3O2S. The van der Waals surface area contributed by atoms with Gasteiger partial charge in [0.15, 0.2) is 0 Å². The third-order valence-electron chi connectivity index (χ3n) is 2.59. The molecule has 0 unspecified atom stereocenters. The van der Waals surface area contributed by atoms with Crippen molar-refractivity contribution in [2.24, 2.45) is 0 Å². The first-order valence-corrected chi connectivity index (χ1v) is 6.13. The van der Waals surface area contributed by atoms with E-state index in [-0.39, 0.29) is 0 Å². The summed E-state index contributed by atoms with van der Waals surface area (Å²) in [5.41, 5.74) is 2.20. The van der Waals surface area contributed by atoms with Gasteiger partial charge in [-0.15, -0.1) is 11.3 Å². The topological polar surface area (TPSA) is 78.0 Å². The lowest BCUT2D eigenvalue weighted by Crippen LogP contribution is -1.98. The molecule has 0 atom stereocenters. The van der Waals surface area contributed by atoms with Crippen LogP contribution in [0.1, 0.15) is 9.67 Å². The molecule has 0 aliphatic heterocycles. The molecule has 18 heavy (non-hydrogen) atoms. The van der Waals surface area contributed by atoms with Crippen LogP contribution in [0.5, 0.6) is 0 Å². The normalized spacial score (nSPS) is 10.7. The average Bonchev–Trinajstić information content (AvgIpc) is 2.96. The van der Waals surface area contributed by atoms with Crippen LogP contribution in [0.15, 0.2) is 36.0 Å². The molecule has 0 aliphatic carbocycles. The highest BCUT2D eigenvalue weighted by atomic mass is 32.1. The fourth-order valence-electron chi connectivity index (χ4n) is 1.79. The molecule has 0 spiro atoms. The number of aromatic carboxylic acids is 1. The molecule has 0 aromatic carbocycles. The molecule has 0 bridgehead atoms. The Balaban J connectivity index is 2.04. The number of carboxylic acids is 1. The van der Waals surface area contributed by atoms with E-state index >= 15 is 0 Å². The number of nitrogens with one attached hydrogen (secondary N) is 2. The van der Waals surface area contributed by atoms with E-state index in [1.807, 2.05) is 12.1 Å². The molecule has 0 amide bonds. The van der Waals surface area contributed by atoms with Crippen molar-refractivity contribution in [2.75, 3.05) is 5.32 Å². The number of carbonyl (C=O) groups is 1. The molecule has 0 fully saturated rings. The minimum absolute atomic E-state index is 0.301. The number of hydrogen-bond donors (Lipinski definition) is 3. The number of carboxylic acid groups (broad SMARTS) is 1. The number of H-pyrrole nitrogens is 1. The van der Waals surface area contributed by atoms with Crippen molar-refractivity contribution in [2.45, 2.75) is 0 Å². The lowest BCUT2D eigenvalue weighted by molar-refractivity contribution is 0.0703. The van der Waals surface area contributed by atoms with Crippen LogP contribution in [-0.4, -0.2) is 21.0 Å². The van der Waals surface area contributed by atoms with Gasteiger partial charge in [0.05, 0.1) is 11.4 Å². The smallest absolute Gasteiger partial charge is 0.348 e. The van der Waals surface area contributed by atoms with Crippen LogP contribution < -0.4 is 5.32 Å². The van der Waals surface area contributed by atoms with Gasteiger partial charge in [0.25, 0.3) is 0 Å². The molecule has 3 aromatic heterocycles. The second kappa shape index (κ2) is 4.15. The predicted octanol–water partition coefficient (Wildman–Crippen LogP) is 3.07. The highest BCUT2D eigenvalue weighted by Crippen LogP contribution is 2.29. The van der Waals surface area contributed by atoms with Gasteiger partial charge in [-0.05, 0) is 23.6 Å². The first kappa shape index (κ1) is 10.8. The zero-order valence-corrected chi connectivity index (χ0v) is 9.99. The summed E-state index contributed by atoms with van der Waals surface area (Å²) in [6, 6.07) is 5.48. The van der Waals surface area contributed by atoms with E-state index in [1.165, 1.54) is 11.3 Å². The predicted molar refractivity (Wildman–Crippen MR) is 70.7 cm³/mol. The van der Waals surface area contributed by atoms with Crippen LogP contribution >= 0.6 is 11.3 Å². The summed E-state index contributed by atoms with van der Waals surface area (Å²) in [5, 5.41) is 14.9. The Hall–Kier alpha value is -2.34. The molecule has 5 nitrogen and oxygen atoms in total. The van der Waals surface area contributed by atoms with Crippen LogP contribution in [0.4, 0.5) is 11.4 Å². The van der Waals surface area contributed by atoms with Crippen molar-refractivity contribution >= 4 is 39.7 Å². The van der Waals surface area contributed by atoms with E-state index in [9.17, 15) is 4.79 Å². The summed E-state index contributed by atoms with van der Waals surface area (Å²) >= 11 is 1.20. The molecule has 3 N–H and O–H groups in total. The monoisotopic (exact) mass is 259 g/mol. The first-order chi connectivity index (χ1) is 8.75. The van der Waals surface area contributed by atoms with Crippen molar-refractivity contribution in [3.63, 3.8) is 0 Å². The number of hydrogen-bond acceptors (Lipinski definition) is 4. The summed E-state index contributed by atoms with van der Waals surface area (Å²) in [6.07, 6.45) is 3.47. The summed E-state index contributed by atoms with van der Waals surface area (Å²) < 4.78 is 0. The minimum atomic E-state index is -0.924. The Morgan fingerprint density at radius 2 is 2.22 bits per heavy atom. The van der Waals surface area contributed by atoms with Crippen LogP contribution in [0.25, 0.3) is 11.0 Å². The second-order valence-electron chi connectivity index (χ2n) is 3.69. The molecule has 3 aromatic rings. The van der Waals surface area contributed by atoms with Crippen molar-refractivity contribution in [3.8, 4) is 0 Å². The van der Waals surface area contributed by atoms with Crippen molar-refractivity contribution in [1.29, 1.82) is 0 Å². The number of pyridine rings is 1. The molecule has 6 heteroatoms. The molecular weight excluding hydrogens is 250 g/mol. The summed E-state index contributed by atoms with van der Waals surface area (Å²) in [4.78, 5) is 18.5. The van der Waals surface area contributed by atoms with Gasteiger partial charge < -0.3 is 15.4 Å². The lowest BCUT2D eigenvalue weighted by Gasteiger charge is -2.06. The van der Waals surface area contributed by atoms with Gasteiger partial charge in [0.2, 0.25) is 0 Å². The maximum Gasteiger partial charge on any atom is 0.348 e. The third kappa shape index (κ3) is 1.72. The molecule has 0 saturated carbocycles. The SMILES string of the molecule is O=C(O)c1sccc1Nc1ccnc2[nH]ccc12. The van der Waals surface area contributed by atoms with E-state index in [1.54, 1.807) is 23.8 Å². The first-order valence-electron chi connectivity index (χ1n) is 5.25. The summed E-state index contributed by atoms with van der Waals surface area (Å²) in [7, 11) is 0. The number of thiophene rings is 1. The van der Waals surface area contributed by atoms with E-state index < -0.39 is 5.97 Å². The van der Waals surface area contributed by atoms with Gasteiger partial charge in [0, 0.05) is 17.8 Å². The highest BCUT2D eigenvalue weighted by molar-refractivity contribution is 7.12. The maximum absolute atomic E-state index is 11.0. The number of rotatable bonds is 3. The Morgan fingerprint density at radius 3 is 3.06 bits per heavy atom. The van der Waals surface area contributed by atoms with Crippen LogP contribution in [0.3, 0.4) is 0 Å². The second-order valence-corrected chi connectivity index (χ2v) is 4.61. The van der Waals surface area contributed by atoms with Crippen molar-refractivity contribution < 1.29 is 9.90 Å². The van der Waals surface area contributed by atoms with Gasteiger partial charge in [-0.2, -0.15) is 0 Å². The zero-order chi connectivity index (χ0) is 12.5. The molecule has 0 saturated heterocycles. The van der Waals surface area contributed by atoms with Gasteiger partial charge in [-0.3, -0.25) is 0 Å². The molecule has 3 rings (SSSR count). The standard InChI is InChI=1S/C12H9N3O2S/c16-12(17)10-9(3-6-18-10)15-8-2-5-14-11-7(8)1-4-13-11/h1-6H,(H,16,17)(H2,13,14,15). The summed E-state index contributed by atoms with van der Waals surface area (Å²) in [6.45, 7) is 0. The number of anilines is 2. The maximum atomic E-state index is 11.0. The van der Waals surface area contributed by atoms with Gasteiger partial charge in [-0.25, -0.2) is 9.78 Å².